The Bertz CT molecular complexity index is 1580. The highest BCUT2D eigenvalue weighted by Gasteiger charge is 2.20. The monoisotopic (exact) mass is 506 g/mol. The lowest BCUT2D eigenvalue weighted by Crippen LogP contribution is -2.23. The molecule has 36 heavy (non-hydrogen) atoms. The number of aromatic nitrogens is 3. The molecule has 182 valence electrons. The van der Waals surface area contributed by atoms with Gasteiger partial charge in [0.2, 0.25) is 0 Å². The van der Waals surface area contributed by atoms with E-state index in [4.69, 9.17) is 31.1 Å². The normalized spacial score (nSPS) is 10.6. The number of ether oxygens (including phenoxy) is 3. The zero-order chi connectivity index (χ0) is 25.8. The van der Waals surface area contributed by atoms with Crippen molar-refractivity contribution in [3.05, 3.63) is 75.6 Å². The van der Waals surface area contributed by atoms with E-state index in [-0.39, 0.29) is 46.9 Å². The molecule has 0 fully saturated rings. The molecule has 0 spiro atoms. The summed E-state index contributed by atoms with van der Waals surface area (Å²) in [6.07, 6.45) is 2.77. The van der Waals surface area contributed by atoms with Gasteiger partial charge in [0.25, 0.3) is 5.56 Å². The van der Waals surface area contributed by atoms with Crippen molar-refractivity contribution in [2.45, 2.75) is 6.54 Å². The van der Waals surface area contributed by atoms with Crippen LogP contribution in [0.5, 0.6) is 17.2 Å². The van der Waals surface area contributed by atoms with E-state index in [9.17, 15) is 14.7 Å². The maximum atomic E-state index is 12.8. The Hall–Kier alpha value is -4.62. The number of halogens is 1. The standard InChI is InChI=1S/C25H19ClN4O6/c1-34-22-8-14(7-19(25(32)33)23(22)35-2)17-9-15(26)3-4-21(17)36-6-5-30-13-29-20-12-28-16(11-27)10-18(20)24(30)31/h3-4,7-10,12-13H,5-6H2,1-2H3,(H,32,33). The van der Waals surface area contributed by atoms with Crippen LogP contribution in [-0.4, -0.2) is 46.4 Å². The number of rotatable bonds is 8. The number of aromatic carboxylic acids is 1. The first kappa shape index (κ1) is 24.5. The first-order chi connectivity index (χ1) is 17.4. The highest BCUT2D eigenvalue weighted by atomic mass is 35.5. The molecule has 1 N–H and O–H groups in total. The number of benzene rings is 2. The number of carboxylic acid groups (broad SMARTS) is 1. The summed E-state index contributed by atoms with van der Waals surface area (Å²) in [7, 11) is 2.77. The van der Waals surface area contributed by atoms with Crippen LogP contribution in [0.15, 0.2) is 53.7 Å². The molecule has 4 rings (SSSR count). The third kappa shape index (κ3) is 4.78. The average Bonchev–Trinajstić information content (AvgIpc) is 2.89. The summed E-state index contributed by atoms with van der Waals surface area (Å²) >= 11 is 6.22. The average molecular weight is 507 g/mol. The minimum absolute atomic E-state index is 0.0854. The molecule has 0 saturated heterocycles. The number of carbonyl (C=O) groups is 1. The number of hydrogen-bond acceptors (Lipinski definition) is 8. The summed E-state index contributed by atoms with van der Waals surface area (Å²) in [5.74, 6) is -0.440. The maximum Gasteiger partial charge on any atom is 0.339 e. The van der Waals surface area contributed by atoms with Crippen molar-refractivity contribution in [2.75, 3.05) is 20.8 Å². The van der Waals surface area contributed by atoms with Gasteiger partial charge in [-0.3, -0.25) is 9.36 Å². The van der Waals surface area contributed by atoms with Crippen LogP contribution in [0.3, 0.4) is 0 Å². The predicted molar refractivity (Wildman–Crippen MR) is 131 cm³/mol. The summed E-state index contributed by atoms with van der Waals surface area (Å²) < 4.78 is 17.9. The smallest absolute Gasteiger partial charge is 0.339 e. The molecular weight excluding hydrogens is 488 g/mol. The maximum absolute atomic E-state index is 12.8. The molecule has 0 saturated carbocycles. The van der Waals surface area contributed by atoms with Gasteiger partial charge < -0.3 is 19.3 Å². The lowest BCUT2D eigenvalue weighted by Gasteiger charge is -2.16. The molecule has 0 atom stereocenters. The number of fused-ring (bicyclic) bond motifs is 1. The van der Waals surface area contributed by atoms with Crippen LogP contribution < -0.4 is 19.8 Å². The van der Waals surface area contributed by atoms with Crippen molar-refractivity contribution in [1.82, 2.24) is 14.5 Å². The molecule has 0 radical (unpaired) electrons. The highest BCUT2D eigenvalue weighted by Crippen LogP contribution is 2.40. The van der Waals surface area contributed by atoms with Crippen molar-refractivity contribution in [3.8, 4) is 34.4 Å². The summed E-state index contributed by atoms with van der Waals surface area (Å²) in [6.45, 7) is 0.261. The third-order valence-electron chi connectivity index (χ3n) is 5.38. The van der Waals surface area contributed by atoms with E-state index < -0.39 is 5.97 Å². The number of hydrogen-bond donors (Lipinski definition) is 1. The fourth-order valence-corrected chi connectivity index (χ4v) is 3.84. The Morgan fingerprint density at radius 2 is 1.94 bits per heavy atom. The molecule has 0 aliphatic carbocycles. The van der Waals surface area contributed by atoms with Crippen LogP contribution in [0.2, 0.25) is 5.02 Å². The zero-order valence-electron chi connectivity index (χ0n) is 19.2. The Morgan fingerprint density at radius 1 is 1.14 bits per heavy atom. The highest BCUT2D eigenvalue weighted by molar-refractivity contribution is 6.31. The van der Waals surface area contributed by atoms with Gasteiger partial charge in [-0.1, -0.05) is 11.6 Å². The molecule has 4 aromatic rings. The first-order valence-electron chi connectivity index (χ1n) is 10.5. The van der Waals surface area contributed by atoms with E-state index in [2.05, 4.69) is 9.97 Å². The topological polar surface area (TPSA) is 137 Å². The summed E-state index contributed by atoms with van der Waals surface area (Å²) in [4.78, 5) is 32.8. The molecule has 10 nitrogen and oxygen atoms in total. The lowest BCUT2D eigenvalue weighted by atomic mass is 10.0. The zero-order valence-corrected chi connectivity index (χ0v) is 19.9. The Balaban J connectivity index is 1.65. The second kappa shape index (κ2) is 10.3. The van der Waals surface area contributed by atoms with Crippen LogP contribution >= 0.6 is 11.6 Å². The van der Waals surface area contributed by atoms with Gasteiger partial charge in [-0.15, -0.1) is 0 Å². The van der Waals surface area contributed by atoms with Crippen LogP contribution in [-0.2, 0) is 6.54 Å². The second-order valence-corrected chi connectivity index (χ2v) is 7.93. The van der Waals surface area contributed by atoms with E-state index in [1.165, 1.54) is 43.4 Å². The summed E-state index contributed by atoms with van der Waals surface area (Å²) in [5.41, 5.74) is 1.11. The number of pyridine rings is 1. The van der Waals surface area contributed by atoms with E-state index >= 15 is 0 Å². The minimum atomic E-state index is -1.19. The molecule has 11 heteroatoms. The van der Waals surface area contributed by atoms with E-state index in [0.29, 0.717) is 27.4 Å². The molecule has 2 aromatic carbocycles. The van der Waals surface area contributed by atoms with Crippen molar-refractivity contribution in [3.63, 3.8) is 0 Å². The molecule has 0 amide bonds. The molecule has 0 bridgehead atoms. The quantitative estimate of drug-likeness (QED) is 0.378. The van der Waals surface area contributed by atoms with Crippen molar-refractivity contribution >= 4 is 28.5 Å². The lowest BCUT2D eigenvalue weighted by molar-refractivity contribution is 0.0692. The van der Waals surface area contributed by atoms with Crippen molar-refractivity contribution < 1.29 is 24.1 Å². The van der Waals surface area contributed by atoms with Gasteiger partial charge in [-0.25, -0.2) is 14.8 Å². The predicted octanol–water partition coefficient (Wildman–Crippen LogP) is 3.78. The van der Waals surface area contributed by atoms with Gasteiger partial charge in [-0.2, -0.15) is 5.26 Å². The molecule has 2 aromatic heterocycles. The Morgan fingerprint density at radius 3 is 2.64 bits per heavy atom. The van der Waals surface area contributed by atoms with Gasteiger partial charge in [0, 0.05) is 10.6 Å². The molecule has 0 unspecified atom stereocenters. The summed E-state index contributed by atoms with van der Waals surface area (Å²) in [5, 5.41) is 19.4. The second-order valence-electron chi connectivity index (χ2n) is 7.50. The largest absolute Gasteiger partial charge is 0.493 e. The van der Waals surface area contributed by atoms with E-state index in [1.807, 2.05) is 6.07 Å². The Labute approximate surface area is 209 Å². The van der Waals surface area contributed by atoms with Gasteiger partial charge in [0.15, 0.2) is 11.5 Å². The Kier molecular flexibility index (Phi) is 7.03. The van der Waals surface area contributed by atoms with Gasteiger partial charge >= 0.3 is 5.97 Å². The van der Waals surface area contributed by atoms with Gasteiger partial charge in [-0.05, 0) is 42.0 Å². The van der Waals surface area contributed by atoms with Crippen LogP contribution in [0.4, 0.5) is 0 Å². The number of methoxy groups -OCH3 is 2. The number of carboxylic acids is 1. The summed E-state index contributed by atoms with van der Waals surface area (Å²) in [6, 6.07) is 11.3. The number of nitriles is 1. The van der Waals surface area contributed by atoms with Crippen LogP contribution in [0.25, 0.3) is 22.0 Å². The van der Waals surface area contributed by atoms with Crippen molar-refractivity contribution in [2.24, 2.45) is 0 Å². The minimum Gasteiger partial charge on any atom is -0.493 e. The van der Waals surface area contributed by atoms with E-state index in [1.54, 1.807) is 24.3 Å². The van der Waals surface area contributed by atoms with Crippen LogP contribution in [0.1, 0.15) is 16.1 Å². The first-order valence-corrected chi connectivity index (χ1v) is 10.9. The molecule has 2 heterocycles. The van der Waals surface area contributed by atoms with Gasteiger partial charge in [0.05, 0.1) is 44.2 Å². The van der Waals surface area contributed by atoms with E-state index in [0.717, 1.165) is 0 Å². The van der Waals surface area contributed by atoms with Gasteiger partial charge in [0.1, 0.15) is 29.7 Å². The fraction of sp³-hybridized carbons (Fsp3) is 0.160. The third-order valence-corrected chi connectivity index (χ3v) is 5.61. The van der Waals surface area contributed by atoms with Crippen molar-refractivity contribution in [1.29, 1.82) is 5.26 Å². The van der Waals surface area contributed by atoms with Crippen LogP contribution in [0, 0.1) is 11.3 Å². The fourth-order valence-electron chi connectivity index (χ4n) is 3.67. The molecule has 0 aliphatic rings. The SMILES string of the molecule is COc1cc(-c2cc(Cl)ccc2OCCn2cnc3cnc(C#N)cc3c2=O)cc(C(=O)O)c1OC. The molecular formula is C25H19ClN4O6. The number of nitrogens with zero attached hydrogens (tertiary/aromatic N) is 4. The molecule has 0 aliphatic heterocycles.